The second kappa shape index (κ2) is 10.1. The maximum atomic E-state index is 15.4. The smallest absolute Gasteiger partial charge is 0.367 e. The topological polar surface area (TPSA) is 80.5 Å². The molecule has 1 amide bonds. The monoisotopic (exact) mass is 507 g/mol. The van der Waals surface area contributed by atoms with E-state index in [0.29, 0.717) is 49.9 Å². The molecule has 0 aliphatic carbocycles. The first-order valence-electron chi connectivity index (χ1n) is 11.8. The number of benzene rings is 1. The molecule has 2 aliphatic heterocycles. The van der Waals surface area contributed by atoms with Crippen molar-refractivity contribution in [2.45, 2.75) is 38.5 Å². The number of hydrogen-bond donors (Lipinski definition) is 3. The van der Waals surface area contributed by atoms with E-state index < -0.39 is 34.6 Å². The van der Waals surface area contributed by atoms with Gasteiger partial charge in [-0.05, 0) is 51.6 Å². The number of aromatic nitrogens is 1. The van der Waals surface area contributed by atoms with Crippen LogP contribution in [0.4, 0.5) is 28.9 Å². The van der Waals surface area contributed by atoms with E-state index in [2.05, 4.69) is 20.5 Å². The fourth-order valence-electron chi connectivity index (χ4n) is 4.72. The average Bonchev–Trinajstić information content (AvgIpc) is 2.83. The quantitative estimate of drug-likeness (QED) is 0.551. The summed E-state index contributed by atoms with van der Waals surface area (Å²) in [4.78, 5) is 30.9. The van der Waals surface area contributed by atoms with Gasteiger partial charge in [0.2, 0.25) is 5.56 Å². The lowest BCUT2D eigenvalue weighted by atomic mass is 9.97. The molecule has 3 heterocycles. The molecule has 194 valence electrons. The third kappa shape index (κ3) is 5.31. The second-order valence-electron chi connectivity index (χ2n) is 9.38. The van der Waals surface area contributed by atoms with Gasteiger partial charge in [-0.1, -0.05) is 6.08 Å². The number of likely N-dealkylation sites (N-methyl/N-ethyl adjacent to an activating group) is 1. The Kier molecular flexibility index (Phi) is 7.24. The molecule has 0 spiro atoms. The van der Waals surface area contributed by atoms with Crippen molar-refractivity contribution < 1.29 is 22.4 Å². The first kappa shape index (κ1) is 25.9. The molecular formula is C25H29F4N5O2. The van der Waals surface area contributed by atoms with Crippen molar-refractivity contribution in [1.82, 2.24) is 15.2 Å². The minimum atomic E-state index is -4.90. The highest BCUT2D eigenvalue weighted by Crippen LogP contribution is 2.36. The molecule has 2 aromatic rings. The van der Waals surface area contributed by atoms with E-state index in [1.165, 1.54) is 12.1 Å². The Morgan fingerprint density at radius 1 is 1.14 bits per heavy atom. The van der Waals surface area contributed by atoms with Crippen LogP contribution in [0.25, 0.3) is 5.57 Å². The number of alkyl halides is 3. The van der Waals surface area contributed by atoms with Crippen LogP contribution in [-0.2, 0) is 6.18 Å². The number of carbonyl (C=O) groups is 1. The molecule has 3 N–H and O–H groups in total. The number of hydrogen-bond acceptors (Lipinski definition) is 5. The summed E-state index contributed by atoms with van der Waals surface area (Å²) in [6.45, 7) is 6.37. The molecule has 1 aromatic heterocycles. The minimum absolute atomic E-state index is 0.128. The number of aromatic amines is 1. The van der Waals surface area contributed by atoms with Crippen molar-refractivity contribution in [3.05, 3.63) is 63.3 Å². The Hall–Kier alpha value is -3.18. The molecule has 1 aromatic carbocycles. The van der Waals surface area contributed by atoms with Crippen LogP contribution < -0.4 is 21.1 Å². The Morgan fingerprint density at radius 2 is 1.83 bits per heavy atom. The Morgan fingerprint density at radius 3 is 2.44 bits per heavy atom. The Balaban J connectivity index is 1.78. The van der Waals surface area contributed by atoms with Gasteiger partial charge in [0.15, 0.2) is 0 Å². The van der Waals surface area contributed by atoms with Crippen LogP contribution in [-0.4, -0.2) is 61.1 Å². The molecule has 1 fully saturated rings. The number of pyridine rings is 1. The number of nitrogens with one attached hydrogen (secondary N) is 3. The second-order valence-corrected chi connectivity index (χ2v) is 9.38. The Labute approximate surface area is 206 Å². The van der Waals surface area contributed by atoms with Crippen molar-refractivity contribution in [1.29, 1.82) is 0 Å². The number of piperazine rings is 1. The van der Waals surface area contributed by atoms with E-state index in [4.69, 9.17) is 0 Å². The van der Waals surface area contributed by atoms with Crippen molar-refractivity contribution in [3.63, 3.8) is 0 Å². The van der Waals surface area contributed by atoms with Crippen molar-refractivity contribution in [2.24, 2.45) is 0 Å². The van der Waals surface area contributed by atoms with Gasteiger partial charge in [0.05, 0.1) is 22.5 Å². The molecule has 2 atom stereocenters. The highest BCUT2D eigenvalue weighted by Gasteiger charge is 2.36. The lowest BCUT2D eigenvalue weighted by Crippen LogP contribution is -2.55. The van der Waals surface area contributed by atoms with E-state index >= 15 is 4.39 Å². The van der Waals surface area contributed by atoms with Crippen LogP contribution in [0.3, 0.4) is 0 Å². The summed E-state index contributed by atoms with van der Waals surface area (Å²) in [5.41, 5.74) is -1.38. The largest absolute Gasteiger partial charge is 0.417 e. The third-order valence-corrected chi connectivity index (χ3v) is 6.92. The minimum Gasteiger partial charge on any atom is -0.367 e. The van der Waals surface area contributed by atoms with Gasteiger partial charge in [-0.15, -0.1) is 0 Å². The first-order chi connectivity index (χ1) is 17.0. The van der Waals surface area contributed by atoms with Crippen LogP contribution in [0.2, 0.25) is 0 Å². The van der Waals surface area contributed by atoms with Crippen LogP contribution in [0.15, 0.2) is 35.3 Å². The van der Waals surface area contributed by atoms with Gasteiger partial charge in [0.25, 0.3) is 5.91 Å². The lowest BCUT2D eigenvalue weighted by Gasteiger charge is -2.44. The average molecular weight is 508 g/mol. The number of amides is 1. The van der Waals surface area contributed by atoms with Gasteiger partial charge < -0.3 is 20.5 Å². The third-order valence-electron chi connectivity index (χ3n) is 6.92. The zero-order valence-corrected chi connectivity index (χ0v) is 20.3. The molecule has 2 aliphatic rings. The normalized spacial score (nSPS) is 21.3. The molecule has 0 saturated carbocycles. The van der Waals surface area contributed by atoms with Crippen molar-refractivity contribution >= 4 is 22.9 Å². The molecule has 11 heteroatoms. The summed E-state index contributed by atoms with van der Waals surface area (Å²) in [5.74, 6) is -1.51. The standard InChI is InChI=1S/C25H29F4N5O2/c1-14-12-34(13-15(2)33(14)3)22-10-20(26)17(16-4-6-30-7-5-16)8-21(22)32-24(36)18-11-31-23(35)9-19(18)25(27,28)29/h4,8-11,14-15,30H,5-7,12-13H2,1-3H3,(H,31,35)(H,32,36)/t14-,15?/m1/s1. The van der Waals surface area contributed by atoms with Crippen LogP contribution in [0, 0.1) is 5.82 Å². The fraction of sp³-hybridized carbons (Fsp3) is 0.440. The highest BCUT2D eigenvalue weighted by molar-refractivity contribution is 6.07. The van der Waals surface area contributed by atoms with Gasteiger partial charge >= 0.3 is 6.18 Å². The zero-order valence-electron chi connectivity index (χ0n) is 20.3. The number of H-pyrrole nitrogens is 1. The van der Waals surface area contributed by atoms with Crippen molar-refractivity contribution in [2.75, 3.05) is 43.4 Å². The molecule has 1 saturated heterocycles. The van der Waals surface area contributed by atoms with Crippen LogP contribution >= 0.6 is 0 Å². The maximum absolute atomic E-state index is 15.4. The van der Waals surface area contributed by atoms with Gasteiger partial charge in [0.1, 0.15) is 5.82 Å². The SMILES string of the molecule is CC1CN(c2cc(F)c(C3=CCNCC3)cc2NC(=O)c2c[nH]c(=O)cc2C(F)(F)F)C[C@@H](C)N1C. The van der Waals surface area contributed by atoms with E-state index in [9.17, 15) is 22.8 Å². The summed E-state index contributed by atoms with van der Waals surface area (Å²) in [5, 5.41) is 5.73. The first-order valence-corrected chi connectivity index (χ1v) is 11.8. The summed E-state index contributed by atoms with van der Waals surface area (Å²) in [6.07, 6.45) is -1.72. The zero-order chi connectivity index (χ0) is 26.2. The van der Waals surface area contributed by atoms with E-state index in [0.717, 1.165) is 11.8 Å². The molecule has 1 unspecified atom stereocenters. The lowest BCUT2D eigenvalue weighted by molar-refractivity contribution is -0.138. The number of rotatable bonds is 4. The Bertz CT molecular complexity index is 1230. The molecule has 36 heavy (non-hydrogen) atoms. The predicted molar refractivity (Wildman–Crippen MR) is 131 cm³/mol. The van der Waals surface area contributed by atoms with Crippen LogP contribution in [0.1, 0.15) is 41.8 Å². The molecular weight excluding hydrogens is 478 g/mol. The number of nitrogens with zero attached hydrogens (tertiary/aromatic N) is 2. The molecule has 4 rings (SSSR count). The van der Waals surface area contributed by atoms with E-state index in [1.807, 2.05) is 31.9 Å². The maximum Gasteiger partial charge on any atom is 0.417 e. The van der Waals surface area contributed by atoms with Crippen molar-refractivity contribution in [3.8, 4) is 0 Å². The molecule has 0 radical (unpaired) electrons. The highest BCUT2D eigenvalue weighted by atomic mass is 19.4. The van der Waals surface area contributed by atoms with E-state index in [1.54, 1.807) is 0 Å². The van der Waals surface area contributed by atoms with Crippen LogP contribution in [0.5, 0.6) is 0 Å². The van der Waals surface area contributed by atoms with Gasteiger partial charge in [0, 0.05) is 49.5 Å². The van der Waals surface area contributed by atoms with Gasteiger partial charge in [-0.2, -0.15) is 13.2 Å². The van der Waals surface area contributed by atoms with E-state index in [-0.39, 0.29) is 17.8 Å². The summed E-state index contributed by atoms with van der Waals surface area (Å²) in [6, 6.07) is 3.45. The molecule has 0 bridgehead atoms. The fourth-order valence-corrected chi connectivity index (χ4v) is 4.72. The van der Waals surface area contributed by atoms with Gasteiger partial charge in [-0.3, -0.25) is 14.5 Å². The van der Waals surface area contributed by atoms with Gasteiger partial charge in [-0.25, -0.2) is 4.39 Å². The predicted octanol–water partition coefficient (Wildman–Crippen LogP) is 3.69. The number of anilines is 2. The number of halogens is 4. The molecule has 7 nitrogen and oxygen atoms in total. The summed E-state index contributed by atoms with van der Waals surface area (Å²) < 4.78 is 56.1. The summed E-state index contributed by atoms with van der Waals surface area (Å²) in [7, 11) is 2.00. The number of carbonyl (C=O) groups excluding carboxylic acids is 1. The summed E-state index contributed by atoms with van der Waals surface area (Å²) >= 11 is 0.